The van der Waals surface area contributed by atoms with Crippen molar-refractivity contribution in [3.05, 3.63) is 29.3 Å². The van der Waals surface area contributed by atoms with Crippen molar-refractivity contribution in [2.75, 3.05) is 20.1 Å². The lowest BCUT2D eigenvalue weighted by Crippen LogP contribution is -2.31. The first-order valence-electron chi connectivity index (χ1n) is 6.70. The zero-order valence-corrected chi connectivity index (χ0v) is 12.2. The predicted octanol–water partition coefficient (Wildman–Crippen LogP) is 2.16. The fraction of sp³-hybridized carbons (Fsp3) is 0.533. The molecule has 4 heteroatoms. The number of phenolic OH excluding ortho intramolecular Hbond substituents is 1. The molecule has 0 spiro atoms. The lowest BCUT2D eigenvalue weighted by molar-refractivity contribution is 0.0951. The average molecular weight is 264 g/mol. The second-order valence-corrected chi connectivity index (χ2v) is 5.19. The van der Waals surface area contributed by atoms with E-state index in [4.69, 9.17) is 0 Å². The SMILES string of the molecule is Cc1cc(C(=O)NCCCN(C)C(C)C)ccc1O. The average Bonchev–Trinajstić information content (AvgIpc) is 2.37. The van der Waals surface area contributed by atoms with Gasteiger partial charge in [0.1, 0.15) is 5.75 Å². The van der Waals surface area contributed by atoms with Gasteiger partial charge >= 0.3 is 0 Å². The van der Waals surface area contributed by atoms with E-state index in [0.29, 0.717) is 23.7 Å². The number of benzene rings is 1. The number of nitrogens with one attached hydrogen (secondary N) is 1. The van der Waals surface area contributed by atoms with E-state index in [1.54, 1.807) is 25.1 Å². The van der Waals surface area contributed by atoms with E-state index in [-0.39, 0.29) is 11.7 Å². The van der Waals surface area contributed by atoms with Gasteiger partial charge in [-0.25, -0.2) is 0 Å². The second kappa shape index (κ2) is 7.14. The molecular weight excluding hydrogens is 240 g/mol. The van der Waals surface area contributed by atoms with Crippen LogP contribution in [0.4, 0.5) is 0 Å². The third kappa shape index (κ3) is 4.91. The Bertz CT molecular complexity index is 430. The number of hydrogen-bond acceptors (Lipinski definition) is 3. The Labute approximate surface area is 115 Å². The zero-order chi connectivity index (χ0) is 14.4. The lowest BCUT2D eigenvalue weighted by Gasteiger charge is -2.20. The zero-order valence-electron chi connectivity index (χ0n) is 12.2. The van der Waals surface area contributed by atoms with Gasteiger partial charge in [-0.3, -0.25) is 4.79 Å². The molecule has 0 aliphatic carbocycles. The molecule has 1 rings (SSSR count). The van der Waals surface area contributed by atoms with Gasteiger partial charge < -0.3 is 15.3 Å². The van der Waals surface area contributed by atoms with E-state index in [9.17, 15) is 9.90 Å². The molecule has 0 fully saturated rings. The smallest absolute Gasteiger partial charge is 0.251 e. The maximum atomic E-state index is 11.9. The molecule has 19 heavy (non-hydrogen) atoms. The summed E-state index contributed by atoms with van der Waals surface area (Å²) >= 11 is 0. The van der Waals surface area contributed by atoms with Crippen molar-refractivity contribution in [3.8, 4) is 5.75 Å². The van der Waals surface area contributed by atoms with E-state index in [2.05, 4.69) is 31.1 Å². The van der Waals surface area contributed by atoms with E-state index in [1.165, 1.54) is 0 Å². The number of rotatable bonds is 6. The summed E-state index contributed by atoms with van der Waals surface area (Å²) in [5, 5.41) is 12.3. The van der Waals surface area contributed by atoms with Crippen LogP contribution >= 0.6 is 0 Å². The summed E-state index contributed by atoms with van der Waals surface area (Å²) in [7, 11) is 2.08. The van der Waals surface area contributed by atoms with Crippen LogP contribution < -0.4 is 5.32 Å². The molecule has 0 saturated heterocycles. The molecule has 2 N–H and O–H groups in total. The van der Waals surface area contributed by atoms with Crippen LogP contribution in [0, 0.1) is 6.92 Å². The number of hydrogen-bond donors (Lipinski definition) is 2. The van der Waals surface area contributed by atoms with Crippen molar-refractivity contribution in [1.29, 1.82) is 0 Å². The maximum absolute atomic E-state index is 11.9. The molecule has 0 aromatic heterocycles. The quantitative estimate of drug-likeness (QED) is 0.774. The minimum Gasteiger partial charge on any atom is -0.508 e. The van der Waals surface area contributed by atoms with Crippen molar-refractivity contribution in [3.63, 3.8) is 0 Å². The molecule has 4 nitrogen and oxygen atoms in total. The number of carbonyl (C=O) groups is 1. The maximum Gasteiger partial charge on any atom is 0.251 e. The Hall–Kier alpha value is -1.55. The molecular formula is C15H24N2O2. The molecule has 0 aliphatic heterocycles. The lowest BCUT2D eigenvalue weighted by atomic mass is 10.1. The van der Waals surface area contributed by atoms with Gasteiger partial charge in [0.15, 0.2) is 0 Å². The van der Waals surface area contributed by atoms with Crippen molar-refractivity contribution < 1.29 is 9.90 Å². The fourth-order valence-electron chi connectivity index (χ4n) is 1.69. The van der Waals surface area contributed by atoms with Gasteiger partial charge in [-0.15, -0.1) is 0 Å². The Kier molecular flexibility index (Phi) is 5.83. The Balaban J connectivity index is 2.37. The van der Waals surface area contributed by atoms with Crippen molar-refractivity contribution in [2.45, 2.75) is 33.2 Å². The molecule has 0 atom stereocenters. The molecule has 0 radical (unpaired) electrons. The molecule has 0 saturated carbocycles. The van der Waals surface area contributed by atoms with Gasteiger partial charge in [-0.2, -0.15) is 0 Å². The summed E-state index contributed by atoms with van der Waals surface area (Å²) in [6.07, 6.45) is 0.928. The highest BCUT2D eigenvalue weighted by Crippen LogP contribution is 2.16. The summed E-state index contributed by atoms with van der Waals surface area (Å²) in [6, 6.07) is 5.41. The summed E-state index contributed by atoms with van der Waals surface area (Å²) in [6.45, 7) is 7.71. The van der Waals surface area contributed by atoms with Gasteiger partial charge in [0.25, 0.3) is 5.91 Å². The first-order chi connectivity index (χ1) is 8.91. The Morgan fingerprint density at radius 3 is 2.68 bits per heavy atom. The largest absolute Gasteiger partial charge is 0.508 e. The number of aryl methyl sites for hydroxylation is 1. The normalized spacial score (nSPS) is 11.1. The first kappa shape index (κ1) is 15.5. The Morgan fingerprint density at radius 2 is 2.11 bits per heavy atom. The molecule has 0 heterocycles. The first-order valence-corrected chi connectivity index (χ1v) is 6.70. The molecule has 0 bridgehead atoms. The standard InChI is InChI=1S/C15H24N2O2/c1-11(2)17(4)9-5-8-16-15(19)13-6-7-14(18)12(3)10-13/h6-7,10-11,18H,5,8-9H2,1-4H3,(H,16,19). The van der Waals surface area contributed by atoms with Gasteiger partial charge in [0, 0.05) is 18.2 Å². The highest BCUT2D eigenvalue weighted by molar-refractivity contribution is 5.94. The van der Waals surface area contributed by atoms with E-state index in [0.717, 1.165) is 13.0 Å². The summed E-state index contributed by atoms with van der Waals surface area (Å²) in [4.78, 5) is 14.1. The molecule has 0 unspecified atom stereocenters. The van der Waals surface area contributed by atoms with Crippen LogP contribution in [0.5, 0.6) is 5.75 Å². The molecule has 1 aromatic carbocycles. The summed E-state index contributed by atoms with van der Waals surface area (Å²) < 4.78 is 0. The highest BCUT2D eigenvalue weighted by atomic mass is 16.3. The van der Waals surface area contributed by atoms with E-state index < -0.39 is 0 Å². The molecule has 0 aliphatic rings. The summed E-state index contributed by atoms with van der Waals surface area (Å²) in [5.41, 5.74) is 1.31. The highest BCUT2D eigenvalue weighted by Gasteiger charge is 2.07. The third-order valence-corrected chi connectivity index (χ3v) is 3.31. The molecule has 1 aromatic rings. The third-order valence-electron chi connectivity index (χ3n) is 3.31. The second-order valence-electron chi connectivity index (χ2n) is 5.19. The fourth-order valence-corrected chi connectivity index (χ4v) is 1.69. The minimum atomic E-state index is -0.0877. The number of nitrogens with zero attached hydrogens (tertiary/aromatic N) is 1. The monoisotopic (exact) mass is 264 g/mol. The Morgan fingerprint density at radius 1 is 1.42 bits per heavy atom. The van der Waals surface area contributed by atoms with Crippen molar-refractivity contribution >= 4 is 5.91 Å². The topological polar surface area (TPSA) is 52.6 Å². The van der Waals surface area contributed by atoms with Gasteiger partial charge in [-0.1, -0.05) is 0 Å². The molecule has 106 valence electrons. The van der Waals surface area contributed by atoms with Crippen LogP contribution in [0.1, 0.15) is 36.2 Å². The van der Waals surface area contributed by atoms with Gasteiger partial charge in [0.2, 0.25) is 0 Å². The van der Waals surface area contributed by atoms with E-state index >= 15 is 0 Å². The van der Waals surface area contributed by atoms with Crippen LogP contribution in [0.2, 0.25) is 0 Å². The van der Waals surface area contributed by atoms with Crippen molar-refractivity contribution in [1.82, 2.24) is 10.2 Å². The number of phenols is 1. The predicted molar refractivity (Wildman–Crippen MR) is 77.6 cm³/mol. The van der Waals surface area contributed by atoms with Crippen LogP contribution in [0.3, 0.4) is 0 Å². The van der Waals surface area contributed by atoms with Gasteiger partial charge in [-0.05, 0) is 64.5 Å². The number of aromatic hydroxyl groups is 1. The van der Waals surface area contributed by atoms with Crippen molar-refractivity contribution in [2.24, 2.45) is 0 Å². The van der Waals surface area contributed by atoms with Crippen LogP contribution in [-0.4, -0.2) is 42.1 Å². The summed E-state index contributed by atoms with van der Waals surface area (Å²) in [5.74, 6) is 0.130. The van der Waals surface area contributed by atoms with Gasteiger partial charge in [0.05, 0.1) is 0 Å². The minimum absolute atomic E-state index is 0.0877. The van der Waals surface area contributed by atoms with Crippen LogP contribution in [-0.2, 0) is 0 Å². The molecule has 1 amide bonds. The number of carbonyl (C=O) groups excluding carboxylic acids is 1. The van der Waals surface area contributed by atoms with Crippen LogP contribution in [0.25, 0.3) is 0 Å². The van der Waals surface area contributed by atoms with E-state index in [1.807, 2.05) is 0 Å². The number of amides is 1. The van der Waals surface area contributed by atoms with Crippen LogP contribution in [0.15, 0.2) is 18.2 Å².